The molecule has 1 N–H and O–H groups in total. The summed E-state index contributed by atoms with van der Waals surface area (Å²) in [6.45, 7) is 11.5. The van der Waals surface area contributed by atoms with Gasteiger partial charge in [0.2, 0.25) is 0 Å². The van der Waals surface area contributed by atoms with Crippen LogP contribution in [0.2, 0.25) is 0 Å². The maximum Gasteiger partial charge on any atom is 0.337 e. The van der Waals surface area contributed by atoms with E-state index >= 15 is 0 Å². The monoisotopic (exact) mass is 584 g/mol. The Kier molecular flexibility index (Phi) is 7.60. The third-order valence-electron chi connectivity index (χ3n) is 8.20. The van der Waals surface area contributed by atoms with Gasteiger partial charge in [-0.05, 0) is 78.5 Å². The summed E-state index contributed by atoms with van der Waals surface area (Å²) < 4.78 is 16.2. The second kappa shape index (κ2) is 11.2. The van der Waals surface area contributed by atoms with Gasteiger partial charge in [0.15, 0.2) is 11.8 Å². The molecular formula is C33H40N6O4. The molecular weight excluding hydrogens is 544 g/mol. The molecule has 3 aliphatic rings. The first-order valence-corrected chi connectivity index (χ1v) is 15.0. The lowest BCUT2D eigenvalue weighted by Crippen LogP contribution is -2.45. The number of carboxylic acid groups (broad SMARTS) is 1. The number of nitrogens with zero attached hydrogens (tertiary/aromatic N) is 6. The lowest BCUT2D eigenvalue weighted by molar-refractivity contribution is -0.160. The van der Waals surface area contributed by atoms with E-state index in [1.165, 1.54) is 0 Å². The topological polar surface area (TPSA) is 107 Å². The molecule has 6 heterocycles. The number of aliphatic carboxylic acids is 1. The number of piperidine rings is 1. The van der Waals surface area contributed by atoms with E-state index in [-0.39, 0.29) is 5.60 Å². The molecule has 0 saturated carbocycles. The van der Waals surface area contributed by atoms with Crippen molar-refractivity contribution in [1.29, 1.82) is 0 Å². The van der Waals surface area contributed by atoms with Crippen LogP contribution in [0.4, 0.5) is 5.82 Å². The summed E-state index contributed by atoms with van der Waals surface area (Å²) in [5.41, 5.74) is 4.44. The Hall–Kier alpha value is -4.02. The average molecular weight is 585 g/mol. The van der Waals surface area contributed by atoms with Crippen LogP contribution in [-0.4, -0.2) is 66.4 Å². The number of allylic oxidation sites excluding steroid dienone is 1. The maximum absolute atomic E-state index is 12.7. The number of hydrogen-bond donors (Lipinski definition) is 1. The van der Waals surface area contributed by atoms with Crippen molar-refractivity contribution in [3.05, 3.63) is 71.7 Å². The standard InChI is InChI=1S/C33H40N6O4/c1-22-28(29(31(40)41)43-32(2,3)4)30-37-17-14-33(5,15-18-37)42-19-8-6-7-11-24-13-16-38(35-24)25-12-9-10-23(20-25)26-21-27(34-22)39(30)36-26/h6,8-10,12-13,16,20-21,29H,7,11,14-15,17-19H2,1-5H3,(H,40,41). The van der Waals surface area contributed by atoms with Gasteiger partial charge in [-0.1, -0.05) is 24.3 Å². The second-order valence-corrected chi connectivity index (χ2v) is 12.7. The molecule has 0 spiro atoms. The zero-order valence-corrected chi connectivity index (χ0v) is 25.6. The molecule has 1 fully saturated rings. The van der Waals surface area contributed by atoms with Gasteiger partial charge in [0.1, 0.15) is 5.82 Å². The zero-order chi connectivity index (χ0) is 30.4. The molecule has 3 aromatic heterocycles. The Morgan fingerprint density at radius 3 is 2.65 bits per heavy atom. The van der Waals surface area contributed by atoms with Crippen LogP contribution in [0.1, 0.15) is 70.0 Å². The quantitative estimate of drug-likeness (QED) is 0.305. The first-order valence-electron chi connectivity index (χ1n) is 15.0. The lowest BCUT2D eigenvalue weighted by Gasteiger charge is -2.41. The number of carbonyl (C=O) groups is 1. The lowest BCUT2D eigenvalue weighted by atomic mass is 9.92. The number of rotatable bonds is 3. The molecule has 1 saturated heterocycles. The fourth-order valence-electron chi connectivity index (χ4n) is 5.90. The zero-order valence-electron chi connectivity index (χ0n) is 25.6. The van der Waals surface area contributed by atoms with Gasteiger partial charge in [-0.25, -0.2) is 14.5 Å². The Labute approximate surface area is 251 Å². The van der Waals surface area contributed by atoms with Crippen molar-refractivity contribution in [3.63, 3.8) is 0 Å². The van der Waals surface area contributed by atoms with E-state index in [1.54, 1.807) is 4.52 Å². The molecule has 226 valence electrons. The van der Waals surface area contributed by atoms with E-state index < -0.39 is 17.7 Å². The van der Waals surface area contributed by atoms with Crippen LogP contribution in [0.15, 0.2) is 54.7 Å². The Balaban J connectivity index is 1.53. The summed E-state index contributed by atoms with van der Waals surface area (Å²) in [4.78, 5) is 19.8. The molecule has 0 aliphatic carbocycles. The second-order valence-electron chi connectivity index (χ2n) is 12.7. The van der Waals surface area contributed by atoms with E-state index in [9.17, 15) is 9.90 Å². The highest BCUT2D eigenvalue weighted by Gasteiger charge is 2.37. The van der Waals surface area contributed by atoms with Crippen LogP contribution in [-0.2, 0) is 20.7 Å². The van der Waals surface area contributed by atoms with Gasteiger partial charge in [-0.2, -0.15) is 14.7 Å². The van der Waals surface area contributed by atoms with Gasteiger partial charge < -0.3 is 19.5 Å². The van der Waals surface area contributed by atoms with Crippen LogP contribution in [0.3, 0.4) is 0 Å². The van der Waals surface area contributed by atoms with Gasteiger partial charge in [0, 0.05) is 36.6 Å². The predicted molar refractivity (Wildman–Crippen MR) is 165 cm³/mol. The highest BCUT2D eigenvalue weighted by atomic mass is 16.5. The van der Waals surface area contributed by atoms with Crippen molar-refractivity contribution in [1.82, 2.24) is 24.4 Å². The van der Waals surface area contributed by atoms with Crippen molar-refractivity contribution in [3.8, 4) is 16.9 Å². The highest BCUT2D eigenvalue weighted by molar-refractivity contribution is 5.79. The molecule has 7 rings (SSSR count). The summed E-state index contributed by atoms with van der Waals surface area (Å²) in [5, 5.41) is 20.2. The number of benzene rings is 1. The van der Waals surface area contributed by atoms with Crippen LogP contribution in [0.25, 0.3) is 22.6 Å². The number of aromatic nitrogens is 5. The third kappa shape index (κ3) is 6.07. The Bertz CT molecular complexity index is 1670. The number of aryl methyl sites for hydroxylation is 2. The summed E-state index contributed by atoms with van der Waals surface area (Å²) in [5.74, 6) is -0.355. The van der Waals surface area contributed by atoms with Crippen LogP contribution in [0.5, 0.6) is 0 Å². The normalized spacial score (nSPS) is 17.8. The maximum atomic E-state index is 12.7. The van der Waals surface area contributed by atoms with Crippen LogP contribution < -0.4 is 4.90 Å². The van der Waals surface area contributed by atoms with Gasteiger partial charge >= 0.3 is 5.97 Å². The highest BCUT2D eigenvalue weighted by Crippen LogP contribution is 2.38. The summed E-state index contributed by atoms with van der Waals surface area (Å²) >= 11 is 0. The minimum absolute atomic E-state index is 0.286. The summed E-state index contributed by atoms with van der Waals surface area (Å²) in [6.07, 6.45) is 8.35. The molecule has 0 amide bonds. The Morgan fingerprint density at radius 2 is 1.91 bits per heavy atom. The molecule has 8 bridgehead atoms. The number of ether oxygens (including phenoxy) is 2. The first-order chi connectivity index (χ1) is 20.5. The Morgan fingerprint density at radius 1 is 1.12 bits per heavy atom. The van der Waals surface area contributed by atoms with Gasteiger partial charge in [-0.3, -0.25) is 0 Å². The number of hydrogen-bond acceptors (Lipinski definition) is 7. The van der Waals surface area contributed by atoms with Crippen molar-refractivity contribution >= 4 is 17.4 Å². The fraction of sp³-hybridized carbons (Fsp3) is 0.455. The molecule has 1 atom stereocenters. The minimum Gasteiger partial charge on any atom is -0.479 e. The van der Waals surface area contributed by atoms with Gasteiger partial charge in [0.05, 0.1) is 40.4 Å². The van der Waals surface area contributed by atoms with Crippen LogP contribution in [0, 0.1) is 6.92 Å². The number of anilines is 1. The summed E-state index contributed by atoms with van der Waals surface area (Å²) in [6, 6.07) is 12.1. The largest absolute Gasteiger partial charge is 0.479 e. The molecule has 0 radical (unpaired) electrons. The number of carboxylic acids is 1. The van der Waals surface area contributed by atoms with Crippen molar-refractivity contribution in [2.24, 2.45) is 0 Å². The van der Waals surface area contributed by atoms with E-state index in [4.69, 9.17) is 24.7 Å². The van der Waals surface area contributed by atoms with Gasteiger partial charge in [0.25, 0.3) is 0 Å². The van der Waals surface area contributed by atoms with E-state index in [0.29, 0.717) is 42.4 Å². The van der Waals surface area contributed by atoms with Crippen molar-refractivity contribution in [2.75, 3.05) is 24.6 Å². The van der Waals surface area contributed by atoms with E-state index in [2.05, 4.69) is 36.1 Å². The molecule has 10 nitrogen and oxygen atoms in total. The smallest absolute Gasteiger partial charge is 0.337 e. The van der Waals surface area contributed by atoms with Crippen molar-refractivity contribution in [2.45, 2.75) is 77.6 Å². The molecule has 10 heteroatoms. The third-order valence-corrected chi connectivity index (χ3v) is 8.20. The SMILES string of the molecule is Cc1nc2cc3nn2c(c1C(OC(C)(C)C)C(=O)O)N1CCC(C)(CC1)OCC=CCCc1ccn(n1)-c1cccc-3c1. The van der Waals surface area contributed by atoms with E-state index in [0.717, 1.165) is 48.3 Å². The predicted octanol–water partition coefficient (Wildman–Crippen LogP) is 5.71. The fourth-order valence-corrected chi connectivity index (χ4v) is 5.90. The molecule has 3 aliphatic heterocycles. The molecule has 1 unspecified atom stereocenters. The van der Waals surface area contributed by atoms with Crippen LogP contribution >= 0.6 is 0 Å². The van der Waals surface area contributed by atoms with E-state index in [1.807, 2.05) is 62.8 Å². The molecule has 4 aromatic rings. The number of fused-ring (bicyclic) bond motifs is 6. The van der Waals surface area contributed by atoms with Gasteiger partial charge in [-0.15, -0.1) is 0 Å². The summed E-state index contributed by atoms with van der Waals surface area (Å²) in [7, 11) is 0. The van der Waals surface area contributed by atoms with Crippen molar-refractivity contribution < 1.29 is 19.4 Å². The minimum atomic E-state index is -1.21. The molecule has 1 aromatic carbocycles. The first kappa shape index (κ1) is 29.1. The molecule has 43 heavy (non-hydrogen) atoms. The average Bonchev–Trinajstić information content (AvgIpc) is 3.60.